The van der Waals surface area contributed by atoms with E-state index in [-0.39, 0.29) is 18.4 Å². The van der Waals surface area contributed by atoms with E-state index in [0.29, 0.717) is 6.04 Å². The highest BCUT2D eigenvalue weighted by Gasteiger charge is 2.32. The van der Waals surface area contributed by atoms with Crippen LogP contribution in [0.25, 0.3) is 0 Å². The smallest absolute Gasteiger partial charge is 0.317 e. The number of fused-ring (bicyclic) bond motifs is 2. The predicted octanol–water partition coefficient (Wildman–Crippen LogP) is 5.11. The van der Waals surface area contributed by atoms with Crippen molar-refractivity contribution in [1.82, 2.24) is 20.0 Å². The van der Waals surface area contributed by atoms with Gasteiger partial charge in [0.15, 0.2) is 0 Å². The lowest BCUT2D eigenvalue weighted by Gasteiger charge is -2.43. The van der Waals surface area contributed by atoms with E-state index in [1.54, 1.807) is 0 Å². The number of aliphatic imine (C=N–C) groups is 1. The number of amidine groups is 1. The van der Waals surface area contributed by atoms with Crippen LogP contribution in [0.4, 0.5) is 10.5 Å². The van der Waals surface area contributed by atoms with Gasteiger partial charge in [0.05, 0.1) is 5.69 Å². The fourth-order valence-electron chi connectivity index (χ4n) is 5.85. The number of thiophene rings is 1. The first-order valence-corrected chi connectivity index (χ1v) is 14.3. The summed E-state index contributed by atoms with van der Waals surface area (Å²) < 4.78 is 0. The van der Waals surface area contributed by atoms with E-state index in [0.717, 1.165) is 76.6 Å². The van der Waals surface area contributed by atoms with E-state index in [2.05, 4.69) is 82.7 Å². The fourth-order valence-corrected chi connectivity index (χ4v) is 6.90. The molecule has 0 unspecified atom stereocenters. The maximum Gasteiger partial charge on any atom is 0.317 e. The number of nitrogens with zero attached hydrogens (tertiary/aromatic N) is 4. The topological polar surface area (TPSA) is 51.2 Å². The number of nitrogens with one attached hydrogen (secondary N) is 1. The van der Waals surface area contributed by atoms with Crippen molar-refractivity contribution in [3.05, 3.63) is 87.1 Å². The van der Waals surface area contributed by atoms with Crippen LogP contribution < -0.4 is 5.32 Å². The monoisotopic (exact) mass is 549 g/mol. The van der Waals surface area contributed by atoms with Gasteiger partial charge < -0.3 is 15.1 Å². The minimum Gasteiger partial charge on any atom is -0.353 e. The molecule has 2 amide bonds. The van der Waals surface area contributed by atoms with E-state index in [1.807, 2.05) is 16.2 Å². The van der Waals surface area contributed by atoms with Crippen molar-refractivity contribution in [1.29, 1.82) is 0 Å². The maximum atomic E-state index is 12.1. The largest absolute Gasteiger partial charge is 0.353 e. The summed E-state index contributed by atoms with van der Waals surface area (Å²) in [5, 5.41) is 2.94. The fraction of sp³-hybridized carbons (Fsp3) is 0.400. The molecule has 8 heteroatoms. The van der Waals surface area contributed by atoms with Gasteiger partial charge in [-0.1, -0.05) is 48.5 Å². The number of aryl methyl sites for hydroxylation is 2. The van der Waals surface area contributed by atoms with E-state index in [9.17, 15) is 4.79 Å². The minimum absolute atomic E-state index is 0. The lowest BCUT2D eigenvalue weighted by atomic mass is 10.0. The molecule has 2 fully saturated rings. The van der Waals surface area contributed by atoms with Gasteiger partial charge in [-0.25, -0.2) is 9.79 Å². The van der Waals surface area contributed by atoms with Crippen molar-refractivity contribution >= 4 is 41.3 Å². The van der Waals surface area contributed by atoms with Crippen LogP contribution in [0.15, 0.2) is 65.7 Å². The zero-order valence-corrected chi connectivity index (χ0v) is 23.6. The summed E-state index contributed by atoms with van der Waals surface area (Å²) in [6.07, 6.45) is 3.09. The summed E-state index contributed by atoms with van der Waals surface area (Å²) in [5.74, 6) is 1.13. The quantitative estimate of drug-likeness (QED) is 0.465. The number of amides is 2. The second-order valence-corrected chi connectivity index (χ2v) is 11.7. The molecule has 3 aromatic rings. The molecule has 3 aliphatic heterocycles. The van der Waals surface area contributed by atoms with Crippen LogP contribution in [0, 0.1) is 6.92 Å². The van der Waals surface area contributed by atoms with Crippen LogP contribution in [0.2, 0.25) is 0 Å². The number of carbonyl (C=O) groups excluding carboxylic acids is 1. The molecule has 1 atom stereocenters. The molecule has 0 saturated carbocycles. The number of urea groups is 1. The van der Waals surface area contributed by atoms with Crippen molar-refractivity contribution in [3.8, 4) is 0 Å². The van der Waals surface area contributed by atoms with Gasteiger partial charge >= 0.3 is 6.03 Å². The minimum atomic E-state index is 0. The molecule has 0 radical (unpaired) electrons. The van der Waals surface area contributed by atoms with Crippen molar-refractivity contribution in [2.24, 2.45) is 4.99 Å². The highest BCUT2D eigenvalue weighted by atomic mass is 35.5. The molecule has 4 heterocycles. The van der Waals surface area contributed by atoms with Crippen LogP contribution in [0.3, 0.4) is 0 Å². The Kier molecular flexibility index (Phi) is 8.36. The number of hydrogen-bond acceptors (Lipinski definition) is 5. The van der Waals surface area contributed by atoms with Gasteiger partial charge in [-0.15, -0.1) is 23.7 Å². The van der Waals surface area contributed by atoms with Crippen molar-refractivity contribution in [2.75, 3.05) is 45.8 Å². The molecule has 0 spiro atoms. The van der Waals surface area contributed by atoms with Crippen molar-refractivity contribution < 1.29 is 4.79 Å². The lowest BCUT2D eigenvalue weighted by Crippen LogP contribution is -2.56. The number of benzene rings is 2. The molecule has 6 rings (SSSR count). The molecule has 2 aromatic carbocycles. The first-order valence-electron chi connectivity index (χ1n) is 13.5. The lowest BCUT2D eigenvalue weighted by molar-refractivity contribution is 0.0983. The Hall–Kier alpha value is -2.87. The third-order valence-corrected chi connectivity index (χ3v) is 8.91. The molecular formula is C30H36ClN5OS. The third-order valence-electron chi connectivity index (χ3n) is 7.86. The summed E-state index contributed by atoms with van der Waals surface area (Å²) in [5.41, 5.74) is 5.10. The third kappa shape index (κ3) is 5.75. The number of hydrogen-bond donors (Lipinski definition) is 1. The second kappa shape index (κ2) is 11.9. The Labute approximate surface area is 235 Å². The van der Waals surface area contributed by atoms with Crippen LogP contribution in [0.5, 0.6) is 0 Å². The Morgan fingerprint density at radius 2 is 1.84 bits per heavy atom. The van der Waals surface area contributed by atoms with Crippen LogP contribution >= 0.6 is 23.7 Å². The van der Waals surface area contributed by atoms with E-state index in [1.165, 1.54) is 26.4 Å². The predicted molar refractivity (Wildman–Crippen MR) is 158 cm³/mol. The number of rotatable bonds is 6. The summed E-state index contributed by atoms with van der Waals surface area (Å²) in [6, 6.07) is 22.2. The van der Waals surface area contributed by atoms with Gasteiger partial charge in [-0.3, -0.25) is 4.90 Å². The number of halogens is 1. The summed E-state index contributed by atoms with van der Waals surface area (Å²) in [4.78, 5) is 27.3. The molecule has 0 bridgehead atoms. The average molecular weight is 550 g/mol. The first-order chi connectivity index (χ1) is 18.1. The Bertz CT molecular complexity index is 1290. The van der Waals surface area contributed by atoms with Gasteiger partial charge in [-0.05, 0) is 43.0 Å². The SMILES string of the molecule is Cc1cc2c(s1)Cc1ccccc1N=C2N1CCN(CCN2CCNC2=O)[C@@H](CCc2ccccc2)C1.Cl. The van der Waals surface area contributed by atoms with Gasteiger partial charge in [0.1, 0.15) is 5.84 Å². The molecule has 1 N–H and O–H groups in total. The Morgan fingerprint density at radius 3 is 2.66 bits per heavy atom. The standard InChI is InChI=1S/C30H35N5OS.ClH/c1-22-19-26-28(37-22)20-24-9-5-6-10-27(24)32-29(26)35-18-16-33(15-17-34-14-13-31-30(34)36)25(21-35)12-11-23-7-3-2-4-8-23;/h2-10,19,25H,11-18,20-21H2,1H3,(H,31,36);1H/t25-;/m0./s1. The van der Waals surface area contributed by atoms with Crippen molar-refractivity contribution in [3.63, 3.8) is 0 Å². The second-order valence-electron chi connectivity index (χ2n) is 10.3. The van der Waals surface area contributed by atoms with Gasteiger partial charge in [0, 0.05) is 73.6 Å². The van der Waals surface area contributed by atoms with Crippen LogP contribution in [-0.2, 0) is 12.8 Å². The molecule has 3 aliphatic rings. The maximum absolute atomic E-state index is 12.1. The zero-order valence-electron chi connectivity index (χ0n) is 21.9. The van der Waals surface area contributed by atoms with Gasteiger partial charge in [-0.2, -0.15) is 0 Å². The zero-order chi connectivity index (χ0) is 25.2. The average Bonchev–Trinajstić information content (AvgIpc) is 3.46. The normalized spacial score (nSPS) is 19.2. The van der Waals surface area contributed by atoms with Gasteiger partial charge in [0.2, 0.25) is 0 Å². The molecule has 0 aliphatic carbocycles. The molecule has 38 heavy (non-hydrogen) atoms. The highest BCUT2D eigenvalue weighted by molar-refractivity contribution is 7.12. The summed E-state index contributed by atoms with van der Waals surface area (Å²) in [6.45, 7) is 8.36. The van der Waals surface area contributed by atoms with E-state index < -0.39 is 0 Å². The summed E-state index contributed by atoms with van der Waals surface area (Å²) >= 11 is 1.90. The Morgan fingerprint density at radius 1 is 1.03 bits per heavy atom. The number of carbonyl (C=O) groups is 1. The molecule has 200 valence electrons. The molecule has 2 saturated heterocycles. The van der Waals surface area contributed by atoms with Crippen molar-refractivity contribution in [2.45, 2.75) is 32.2 Å². The molecule has 1 aromatic heterocycles. The van der Waals surface area contributed by atoms with Gasteiger partial charge in [0.25, 0.3) is 0 Å². The summed E-state index contributed by atoms with van der Waals surface area (Å²) in [7, 11) is 0. The van der Waals surface area contributed by atoms with Crippen LogP contribution in [-0.4, -0.2) is 78.4 Å². The van der Waals surface area contributed by atoms with Crippen LogP contribution in [0.1, 0.15) is 32.9 Å². The highest BCUT2D eigenvalue weighted by Crippen LogP contribution is 2.34. The number of para-hydroxylation sites is 1. The Balaban J connectivity index is 0.00000294. The van der Waals surface area contributed by atoms with E-state index in [4.69, 9.17) is 4.99 Å². The number of piperazine rings is 1. The van der Waals surface area contributed by atoms with E-state index >= 15 is 0 Å². The molecular weight excluding hydrogens is 514 g/mol. The molecule has 6 nitrogen and oxygen atoms in total. The first kappa shape index (κ1) is 26.7.